The summed E-state index contributed by atoms with van der Waals surface area (Å²) in [4.78, 5) is 14.1. The highest BCUT2D eigenvalue weighted by atomic mass is 32.2. The molecule has 1 heterocycles. The second kappa shape index (κ2) is 5.13. The topological polar surface area (TPSA) is 131 Å². The lowest BCUT2D eigenvalue weighted by Crippen LogP contribution is -2.17. The van der Waals surface area contributed by atoms with Crippen molar-refractivity contribution in [3.05, 3.63) is 39.2 Å². The first-order valence-corrected chi connectivity index (χ1v) is 7.35. The van der Waals surface area contributed by atoms with Crippen molar-refractivity contribution < 1.29 is 13.3 Å². The summed E-state index contributed by atoms with van der Waals surface area (Å²) >= 11 is 0. The van der Waals surface area contributed by atoms with Crippen LogP contribution in [0.15, 0.2) is 17.3 Å². The number of benzene rings is 1. The lowest BCUT2D eigenvalue weighted by molar-refractivity contribution is -0.386. The molecule has 112 valence electrons. The first kappa shape index (κ1) is 14.9. The molecule has 1 aromatic carbocycles. The third-order valence-corrected chi connectivity index (χ3v) is 4.59. The van der Waals surface area contributed by atoms with Crippen molar-refractivity contribution in [2.45, 2.75) is 25.7 Å². The number of nitrogens with one attached hydrogen (secondary N) is 2. The van der Waals surface area contributed by atoms with Gasteiger partial charge in [0, 0.05) is 11.1 Å². The number of H-pyrrole nitrogens is 1. The van der Waals surface area contributed by atoms with E-state index in [0.717, 1.165) is 6.33 Å². The number of aryl methyl sites for hydroxylation is 2. The van der Waals surface area contributed by atoms with Gasteiger partial charge in [-0.1, -0.05) is 0 Å². The second-order valence-corrected chi connectivity index (χ2v) is 6.13. The van der Waals surface area contributed by atoms with Crippen molar-refractivity contribution in [3.8, 4) is 0 Å². The second-order valence-electron chi connectivity index (χ2n) is 4.51. The Morgan fingerprint density at radius 3 is 2.48 bits per heavy atom. The van der Waals surface area contributed by atoms with E-state index in [4.69, 9.17) is 0 Å². The molecule has 21 heavy (non-hydrogen) atoms. The molecule has 10 heteroatoms. The standard InChI is InChI=1S/C11H13N5O4S/c1-6-4-7(2)10(8(3)9(6)16(17)18)21(19,20)15-11-12-5-13-14-11/h4-5H,1-3H3,(H2,12,13,14,15). The van der Waals surface area contributed by atoms with Gasteiger partial charge in [0.1, 0.15) is 11.2 Å². The van der Waals surface area contributed by atoms with Gasteiger partial charge in [-0.25, -0.2) is 18.2 Å². The summed E-state index contributed by atoms with van der Waals surface area (Å²) in [6, 6.07) is 1.47. The predicted molar refractivity (Wildman–Crippen MR) is 74.5 cm³/mol. The number of aromatic amines is 1. The summed E-state index contributed by atoms with van der Waals surface area (Å²) in [6.07, 6.45) is 1.15. The van der Waals surface area contributed by atoms with Crippen LogP contribution in [0.1, 0.15) is 16.7 Å². The molecule has 0 aliphatic heterocycles. The molecule has 1 aromatic heterocycles. The average Bonchev–Trinajstić information content (AvgIpc) is 2.78. The number of hydrogen-bond donors (Lipinski definition) is 2. The van der Waals surface area contributed by atoms with Crippen LogP contribution in [-0.2, 0) is 10.0 Å². The van der Waals surface area contributed by atoms with Crippen LogP contribution >= 0.6 is 0 Å². The van der Waals surface area contributed by atoms with Gasteiger partial charge in [-0.05, 0) is 32.4 Å². The minimum Gasteiger partial charge on any atom is -0.258 e. The van der Waals surface area contributed by atoms with Gasteiger partial charge in [-0.2, -0.15) is 10.1 Å². The van der Waals surface area contributed by atoms with Crippen molar-refractivity contribution in [1.29, 1.82) is 0 Å². The molecule has 2 N–H and O–H groups in total. The largest absolute Gasteiger partial charge is 0.276 e. The monoisotopic (exact) mass is 311 g/mol. The number of nitro groups is 1. The van der Waals surface area contributed by atoms with Gasteiger partial charge < -0.3 is 0 Å². The molecule has 9 nitrogen and oxygen atoms in total. The third kappa shape index (κ3) is 2.70. The van der Waals surface area contributed by atoms with Crippen LogP contribution in [0.25, 0.3) is 0 Å². The van der Waals surface area contributed by atoms with E-state index in [-0.39, 0.29) is 22.1 Å². The fourth-order valence-corrected chi connectivity index (χ4v) is 3.72. The van der Waals surface area contributed by atoms with Crippen LogP contribution in [0.5, 0.6) is 0 Å². The quantitative estimate of drug-likeness (QED) is 0.648. The Bertz CT molecular complexity index is 799. The highest BCUT2D eigenvalue weighted by Gasteiger charge is 2.28. The fourth-order valence-electron chi connectivity index (χ4n) is 2.29. The first-order valence-electron chi connectivity index (χ1n) is 5.87. The van der Waals surface area contributed by atoms with Crippen molar-refractivity contribution in [2.75, 3.05) is 4.72 Å². The normalized spacial score (nSPS) is 11.4. The number of nitrogens with zero attached hydrogens (tertiary/aromatic N) is 3. The summed E-state index contributed by atoms with van der Waals surface area (Å²) in [6.45, 7) is 4.56. The zero-order chi connectivity index (χ0) is 15.8. The molecular formula is C11H13N5O4S. The Kier molecular flexibility index (Phi) is 3.64. The van der Waals surface area contributed by atoms with E-state index in [1.807, 2.05) is 0 Å². The van der Waals surface area contributed by atoms with Crippen LogP contribution in [0.4, 0.5) is 11.6 Å². The zero-order valence-electron chi connectivity index (χ0n) is 11.5. The maximum Gasteiger partial charge on any atom is 0.276 e. The minimum absolute atomic E-state index is 0.0583. The average molecular weight is 311 g/mol. The Hall–Kier alpha value is -2.49. The van der Waals surface area contributed by atoms with Gasteiger partial charge >= 0.3 is 0 Å². The summed E-state index contributed by atoms with van der Waals surface area (Å²) in [5, 5.41) is 17.0. The number of sulfonamides is 1. The fraction of sp³-hybridized carbons (Fsp3) is 0.273. The van der Waals surface area contributed by atoms with E-state index in [0.29, 0.717) is 11.1 Å². The molecule has 2 rings (SSSR count). The third-order valence-electron chi connectivity index (χ3n) is 2.96. The Balaban J connectivity index is 2.63. The molecule has 0 atom stereocenters. The highest BCUT2D eigenvalue weighted by molar-refractivity contribution is 7.92. The van der Waals surface area contributed by atoms with Gasteiger partial charge in [-0.15, -0.1) is 0 Å². The van der Waals surface area contributed by atoms with E-state index in [9.17, 15) is 18.5 Å². The molecule has 0 saturated heterocycles. The molecule has 0 aliphatic carbocycles. The van der Waals surface area contributed by atoms with E-state index in [1.165, 1.54) is 13.0 Å². The van der Waals surface area contributed by atoms with Crippen LogP contribution in [-0.4, -0.2) is 28.5 Å². The Labute approximate surface area is 120 Å². The van der Waals surface area contributed by atoms with Gasteiger partial charge in [0.25, 0.3) is 15.7 Å². The maximum absolute atomic E-state index is 12.4. The van der Waals surface area contributed by atoms with Crippen LogP contribution < -0.4 is 4.72 Å². The molecule has 0 fully saturated rings. The lowest BCUT2D eigenvalue weighted by atomic mass is 10.1. The number of rotatable bonds is 4. The Morgan fingerprint density at radius 1 is 1.29 bits per heavy atom. The van der Waals surface area contributed by atoms with E-state index < -0.39 is 14.9 Å². The summed E-state index contributed by atoms with van der Waals surface area (Å²) in [5.74, 6) is -0.0583. The van der Waals surface area contributed by atoms with Crippen LogP contribution in [0.2, 0.25) is 0 Å². The molecular weight excluding hydrogens is 298 g/mol. The molecule has 2 aromatic rings. The number of hydrogen-bond acceptors (Lipinski definition) is 6. The summed E-state index contributed by atoms with van der Waals surface area (Å²) in [7, 11) is -4.01. The van der Waals surface area contributed by atoms with Crippen molar-refractivity contribution >= 4 is 21.7 Å². The van der Waals surface area contributed by atoms with Crippen molar-refractivity contribution in [3.63, 3.8) is 0 Å². The molecule has 0 spiro atoms. The smallest absolute Gasteiger partial charge is 0.258 e. The van der Waals surface area contributed by atoms with E-state index in [2.05, 4.69) is 19.9 Å². The summed E-state index contributed by atoms with van der Waals surface area (Å²) in [5.41, 5.74) is 0.708. The Morgan fingerprint density at radius 2 is 1.95 bits per heavy atom. The van der Waals surface area contributed by atoms with Crippen molar-refractivity contribution in [1.82, 2.24) is 15.2 Å². The van der Waals surface area contributed by atoms with Crippen molar-refractivity contribution in [2.24, 2.45) is 0 Å². The minimum atomic E-state index is -4.01. The maximum atomic E-state index is 12.4. The highest BCUT2D eigenvalue weighted by Crippen LogP contribution is 2.32. The summed E-state index contributed by atoms with van der Waals surface area (Å²) < 4.78 is 27.0. The number of aromatic nitrogens is 3. The molecule has 0 radical (unpaired) electrons. The van der Waals surface area contributed by atoms with Gasteiger partial charge in [-0.3, -0.25) is 10.1 Å². The van der Waals surface area contributed by atoms with Gasteiger partial charge in [0.05, 0.1) is 4.92 Å². The predicted octanol–water partition coefficient (Wildman–Crippen LogP) is 1.44. The lowest BCUT2D eigenvalue weighted by Gasteiger charge is -2.13. The van der Waals surface area contributed by atoms with Crippen LogP contribution in [0.3, 0.4) is 0 Å². The molecule has 0 amide bonds. The van der Waals surface area contributed by atoms with Crippen LogP contribution in [0, 0.1) is 30.9 Å². The number of nitro benzene ring substituents is 1. The zero-order valence-corrected chi connectivity index (χ0v) is 12.4. The van der Waals surface area contributed by atoms with Gasteiger partial charge in [0.2, 0.25) is 5.95 Å². The molecule has 0 aliphatic rings. The molecule has 0 bridgehead atoms. The number of anilines is 1. The van der Waals surface area contributed by atoms with E-state index >= 15 is 0 Å². The SMILES string of the molecule is Cc1cc(C)c(S(=O)(=O)Nc2ncn[nH]2)c(C)c1[N+](=O)[O-]. The first-order chi connectivity index (χ1) is 9.74. The van der Waals surface area contributed by atoms with Gasteiger partial charge in [0.15, 0.2) is 0 Å². The van der Waals surface area contributed by atoms with E-state index in [1.54, 1.807) is 13.8 Å². The molecule has 0 unspecified atom stereocenters. The molecule has 0 saturated carbocycles.